The normalized spacial score (nSPS) is 17.8. The van der Waals surface area contributed by atoms with Crippen LogP contribution < -0.4 is 0 Å². The minimum Gasteiger partial charge on any atom is -0.361 e. The van der Waals surface area contributed by atoms with Gasteiger partial charge in [-0.25, -0.2) is 0 Å². The molecule has 56 valence electrons. The molecule has 0 aromatic rings. The van der Waals surface area contributed by atoms with Crippen LogP contribution in [0.15, 0.2) is 24.7 Å². The molecule has 0 atom stereocenters. The van der Waals surface area contributed by atoms with Gasteiger partial charge in [0.15, 0.2) is 0 Å². The summed E-state index contributed by atoms with van der Waals surface area (Å²) in [4.78, 5) is 4.30. The molecule has 0 aromatic carbocycles. The van der Waals surface area contributed by atoms with E-state index in [0.29, 0.717) is 0 Å². The molecule has 0 spiro atoms. The van der Waals surface area contributed by atoms with Gasteiger partial charge < -0.3 is 9.80 Å². The largest absolute Gasteiger partial charge is 0.361 e. The molecule has 10 heavy (non-hydrogen) atoms. The lowest BCUT2D eigenvalue weighted by molar-refractivity contribution is 0.363. The van der Waals surface area contributed by atoms with Crippen LogP contribution >= 0.6 is 0 Å². The third-order valence-corrected chi connectivity index (χ3v) is 1.43. The summed E-state index contributed by atoms with van der Waals surface area (Å²) in [6.07, 6.45) is 9.52. The summed E-state index contributed by atoms with van der Waals surface area (Å²) in [6, 6.07) is 0. The van der Waals surface area contributed by atoms with E-state index in [1.165, 1.54) is 0 Å². The van der Waals surface area contributed by atoms with Crippen LogP contribution in [-0.2, 0) is 0 Å². The molecular weight excluding hydrogens is 124 g/mol. The molecule has 0 unspecified atom stereocenters. The summed E-state index contributed by atoms with van der Waals surface area (Å²) in [5.41, 5.74) is 0. The standard InChI is InChI=1S/C8H14N2/c1-3-4-5-10-7-6-9(2)8-10/h4-7H,3,8H2,1-2H3. The van der Waals surface area contributed by atoms with Crippen molar-refractivity contribution in [3.8, 4) is 0 Å². The average Bonchev–Trinajstić information content (AvgIpc) is 2.31. The van der Waals surface area contributed by atoms with Gasteiger partial charge in [-0.15, -0.1) is 0 Å². The molecule has 0 N–H and O–H groups in total. The Kier molecular flexibility index (Phi) is 2.37. The van der Waals surface area contributed by atoms with Gasteiger partial charge >= 0.3 is 0 Å². The van der Waals surface area contributed by atoms with E-state index in [9.17, 15) is 0 Å². The van der Waals surface area contributed by atoms with Gasteiger partial charge in [0, 0.05) is 25.6 Å². The minimum atomic E-state index is 0.983. The SMILES string of the molecule is CCC=CN1C=CN(C)C1. The van der Waals surface area contributed by atoms with Crippen molar-refractivity contribution in [1.29, 1.82) is 0 Å². The third-order valence-electron chi connectivity index (χ3n) is 1.43. The van der Waals surface area contributed by atoms with Gasteiger partial charge in [0.1, 0.15) is 0 Å². The van der Waals surface area contributed by atoms with E-state index < -0.39 is 0 Å². The molecular formula is C8H14N2. The summed E-state index contributed by atoms with van der Waals surface area (Å²) in [5, 5.41) is 0. The second kappa shape index (κ2) is 3.30. The second-order valence-corrected chi connectivity index (χ2v) is 2.50. The fraction of sp³-hybridized carbons (Fsp3) is 0.500. The quantitative estimate of drug-likeness (QED) is 0.571. The van der Waals surface area contributed by atoms with E-state index in [1.807, 2.05) is 0 Å². The molecule has 0 amide bonds. The van der Waals surface area contributed by atoms with Crippen molar-refractivity contribution in [2.24, 2.45) is 0 Å². The molecule has 1 aliphatic heterocycles. The Balaban J connectivity index is 2.32. The van der Waals surface area contributed by atoms with E-state index in [1.54, 1.807) is 0 Å². The first-order chi connectivity index (χ1) is 4.83. The molecule has 2 heteroatoms. The van der Waals surface area contributed by atoms with Crippen LogP contribution in [0.1, 0.15) is 13.3 Å². The molecule has 0 saturated heterocycles. The Morgan fingerprint density at radius 2 is 2.30 bits per heavy atom. The fourth-order valence-corrected chi connectivity index (χ4v) is 0.889. The Labute approximate surface area is 62.4 Å². The number of rotatable bonds is 2. The summed E-state index contributed by atoms with van der Waals surface area (Å²) < 4.78 is 0. The van der Waals surface area contributed by atoms with Gasteiger partial charge in [-0.05, 0) is 6.42 Å². The summed E-state index contributed by atoms with van der Waals surface area (Å²) in [5.74, 6) is 0. The number of nitrogens with zero attached hydrogens (tertiary/aromatic N) is 2. The zero-order valence-corrected chi connectivity index (χ0v) is 6.62. The predicted octanol–water partition coefficient (Wildman–Crippen LogP) is 1.59. The predicted molar refractivity (Wildman–Crippen MR) is 43.0 cm³/mol. The molecule has 1 aliphatic rings. The van der Waals surface area contributed by atoms with Crippen molar-refractivity contribution in [2.45, 2.75) is 13.3 Å². The zero-order chi connectivity index (χ0) is 7.40. The lowest BCUT2D eigenvalue weighted by atomic mass is 10.5. The van der Waals surface area contributed by atoms with Gasteiger partial charge in [0.05, 0.1) is 6.67 Å². The van der Waals surface area contributed by atoms with Crippen LogP contribution in [0.25, 0.3) is 0 Å². The first kappa shape index (κ1) is 7.19. The molecule has 0 aliphatic carbocycles. The first-order valence-corrected chi connectivity index (χ1v) is 3.64. The molecule has 0 saturated carbocycles. The minimum absolute atomic E-state index is 0.983. The lowest BCUT2D eigenvalue weighted by Gasteiger charge is -2.12. The van der Waals surface area contributed by atoms with Gasteiger partial charge in [-0.1, -0.05) is 13.0 Å². The number of hydrogen-bond acceptors (Lipinski definition) is 2. The molecule has 0 fully saturated rings. The maximum Gasteiger partial charge on any atom is 0.0932 e. The van der Waals surface area contributed by atoms with Crippen molar-refractivity contribution in [2.75, 3.05) is 13.7 Å². The second-order valence-electron chi connectivity index (χ2n) is 2.50. The van der Waals surface area contributed by atoms with Crippen molar-refractivity contribution in [3.05, 3.63) is 24.7 Å². The van der Waals surface area contributed by atoms with Gasteiger partial charge in [-0.3, -0.25) is 0 Å². The third kappa shape index (κ3) is 1.79. The van der Waals surface area contributed by atoms with E-state index >= 15 is 0 Å². The van der Waals surface area contributed by atoms with Crippen LogP contribution in [0.2, 0.25) is 0 Å². The fourth-order valence-electron chi connectivity index (χ4n) is 0.889. The number of allylic oxidation sites excluding steroid dienone is 1. The van der Waals surface area contributed by atoms with Crippen LogP contribution in [0.4, 0.5) is 0 Å². The van der Waals surface area contributed by atoms with Crippen LogP contribution in [-0.4, -0.2) is 23.5 Å². The van der Waals surface area contributed by atoms with E-state index in [-0.39, 0.29) is 0 Å². The molecule has 0 bridgehead atoms. The van der Waals surface area contributed by atoms with E-state index in [4.69, 9.17) is 0 Å². The topological polar surface area (TPSA) is 6.48 Å². The van der Waals surface area contributed by atoms with Gasteiger partial charge in [0.25, 0.3) is 0 Å². The highest BCUT2D eigenvalue weighted by Gasteiger charge is 2.02. The zero-order valence-electron chi connectivity index (χ0n) is 6.62. The highest BCUT2D eigenvalue weighted by molar-refractivity contribution is 4.96. The Hall–Kier alpha value is -0.920. The highest BCUT2D eigenvalue weighted by atomic mass is 15.3. The van der Waals surface area contributed by atoms with E-state index in [2.05, 4.69) is 48.4 Å². The van der Waals surface area contributed by atoms with Gasteiger partial charge in [0.2, 0.25) is 0 Å². The van der Waals surface area contributed by atoms with Crippen molar-refractivity contribution in [1.82, 2.24) is 9.80 Å². The number of hydrogen-bond donors (Lipinski definition) is 0. The molecule has 1 heterocycles. The van der Waals surface area contributed by atoms with Crippen molar-refractivity contribution >= 4 is 0 Å². The molecule has 0 radical (unpaired) electrons. The Bertz CT molecular complexity index is 149. The maximum atomic E-state index is 2.16. The molecule has 2 nitrogen and oxygen atoms in total. The summed E-state index contributed by atoms with van der Waals surface area (Å²) in [7, 11) is 2.07. The maximum absolute atomic E-state index is 2.16. The summed E-state index contributed by atoms with van der Waals surface area (Å²) >= 11 is 0. The van der Waals surface area contributed by atoms with Crippen LogP contribution in [0.3, 0.4) is 0 Å². The van der Waals surface area contributed by atoms with Crippen LogP contribution in [0.5, 0.6) is 0 Å². The van der Waals surface area contributed by atoms with Crippen molar-refractivity contribution < 1.29 is 0 Å². The van der Waals surface area contributed by atoms with Gasteiger partial charge in [-0.2, -0.15) is 0 Å². The highest BCUT2D eigenvalue weighted by Crippen LogP contribution is 2.03. The smallest absolute Gasteiger partial charge is 0.0932 e. The Morgan fingerprint density at radius 1 is 1.50 bits per heavy atom. The van der Waals surface area contributed by atoms with Crippen LogP contribution in [0, 0.1) is 0 Å². The van der Waals surface area contributed by atoms with E-state index in [0.717, 1.165) is 13.1 Å². The molecule has 1 rings (SSSR count). The molecule has 0 aromatic heterocycles. The average molecular weight is 138 g/mol. The first-order valence-electron chi connectivity index (χ1n) is 3.64. The monoisotopic (exact) mass is 138 g/mol. The van der Waals surface area contributed by atoms with Crippen molar-refractivity contribution in [3.63, 3.8) is 0 Å². The summed E-state index contributed by atoms with van der Waals surface area (Å²) in [6.45, 7) is 3.12. The lowest BCUT2D eigenvalue weighted by Crippen LogP contribution is -2.17. The Morgan fingerprint density at radius 3 is 2.80 bits per heavy atom.